The summed E-state index contributed by atoms with van der Waals surface area (Å²) in [6.07, 6.45) is 0.622. The number of aliphatic hydroxyl groups excluding tert-OH is 1. The summed E-state index contributed by atoms with van der Waals surface area (Å²) in [7, 11) is 1.60. The van der Waals surface area contributed by atoms with Gasteiger partial charge in [0.1, 0.15) is 0 Å². The summed E-state index contributed by atoms with van der Waals surface area (Å²) in [6.45, 7) is 1.69. The quantitative estimate of drug-likeness (QED) is 0.406. The van der Waals surface area contributed by atoms with E-state index in [0.29, 0.717) is 13.0 Å². The van der Waals surface area contributed by atoms with Gasteiger partial charge in [0.05, 0.1) is 0 Å². The van der Waals surface area contributed by atoms with Crippen molar-refractivity contribution in [2.45, 2.75) is 6.42 Å². The maximum absolute atomic E-state index is 7.99. The average Bonchev–Trinajstić information content (AvgIpc) is 1.61. The molecular weight excluding hydrogens is 188 g/mol. The van der Waals surface area contributed by atoms with Gasteiger partial charge in [-0.25, -0.2) is 6.61 Å². The predicted molar refractivity (Wildman–Crippen MR) is 22.7 cm³/mol. The van der Waals surface area contributed by atoms with Crippen LogP contribution in [0.3, 0.4) is 0 Å². The molecule has 1 N–H and O–H groups in total. The third-order valence-electron chi connectivity index (χ3n) is 0.451. The van der Waals surface area contributed by atoms with Crippen LogP contribution in [0.2, 0.25) is 0 Å². The molecule has 0 spiro atoms. The molecule has 0 amide bonds. The van der Waals surface area contributed by atoms with E-state index in [1.807, 2.05) is 0 Å². The van der Waals surface area contributed by atoms with Gasteiger partial charge in [-0.15, -0.1) is 6.42 Å². The van der Waals surface area contributed by atoms with E-state index in [2.05, 4.69) is 4.74 Å². The van der Waals surface area contributed by atoms with E-state index in [1.165, 1.54) is 0 Å². The summed E-state index contributed by atoms with van der Waals surface area (Å²) in [4.78, 5) is 0. The zero-order chi connectivity index (χ0) is 4.83. The first-order valence-electron chi connectivity index (χ1n) is 1.86. The molecular formula is C4H9AgO2. The second kappa shape index (κ2) is 9.83. The first-order chi connectivity index (χ1) is 2.91. The topological polar surface area (TPSA) is 29.5 Å². The van der Waals surface area contributed by atoms with Crippen molar-refractivity contribution in [3.05, 3.63) is 6.61 Å². The third kappa shape index (κ3) is 10.8. The summed E-state index contributed by atoms with van der Waals surface area (Å²) in [5.41, 5.74) is 0. The van der Waals surface area contributed by atoms with Crippen molar-refractivity contribution in [1.29, 1.82) is 0 Å². The molecule has 3 heteroatoms. The first-order valence-corrected chi connectivity index (χ1v) is 1.86. The number of rotatable bonds is 3. The van der Waals surface area contributed by atoms with Crippen LogP contribution in [0.25, 0.3) is 0 Å². The Morgan fingerprint density at radius 1 is 1.71 bits per heavy atom. The monoisotopic (exact) mass is 196 g/mol. The molecule has 0 aromatic carbocycles. The number of hydrogen-bond acceptors (Lipinski definition) is 2. The number of aliphatic hydroxyl groups is 1. The van der Waals surface area contributed by atoms with E-state index in [9.17, 15) is 0 Å². The first kappa shape index (κ1) is 10.6. The Kier molecular flexibility index (Phi) is 14.9. The van der Waals surface area contributed by atoms with Crippen LogP contribution in [0.15, 0.2) is 0 Å². The fraction of sp³-hybridized carbons (Fsp3) is 0.750. The van der Waals surface area contributed by atoms with Crippen LogP contribution >= 0.6 is 0 Å². The molecule has 0 rings (SSSR count). The van der Waals surface area contributed by atoms with Gasteiger partial charge >= 0.3 is 22.4 Å². The summed E-state index contributed by atoms with van der Waals surface area (Å²) in [5.74, 6) is 0. The van der Waals surface area contributed by atoms with E-state index >= 15 is 0 Å². The Morgan fingerprint density at radius 2 is 2.29 bits per heavy atom. The standard InChI is InChI=1S/C4H9O2.Ag/c1-6-4-2-3-5;/h3,5H,2,4H2,1H3;/q-1;+1. The van der Waals surface area contributed by atoms with Gasteiger partial charge < -0.3 is 9.84 Å². The summed E-state index contributed by atoms with van der Waals surface area (Å²) < 4.78 is 4.59. The van der Waals surface area contributed by atoms with Crippen LogP contribution in [0, 0.1) is 6.61 Å². The Balaban J connectivity index is 0. The fourth-order valence-corrected chi connectivity index (χ4v) is 0.171. The molecule has 0 atom stereocenters. The predicted octanol–water partition coefficient (Wildman–Crippen LogP) is 0.555. The van der Waals surface area contributed by atoms with E-state index < -0.39 is 0 Å². The molecule has 0 bridgehead atoms. The van der Waals surface area contributed by atoms with Crippen molar-refractivity contribution in [1.82, 2.24) is 0 Å². The molecule has 0 unspecified atom stereocenters. The summed E-state index contributed by atoms with van der Waals surface area (Å²) in [6, 6.07) is 0. The second-order valence-electron chi connectivity index (χ2n) is 0.964. The third-order valence-corrected chi connectivity index (χ3v) is 0.451. The Hall–Kier alpha value is 0.660. The van der Waals surface area contributed by atoms with E-state index in [4.69, 9.17) is 5.11 Å². The Labute approximate surface area is 59.4 Å². The molecule has 0 fully saturated rings. The molecule has 7 heavy (non-hydrogen) atoms. The molecule has 48 valence electrons. The largest absolute Gasteiger partial charge is 1.00 e. The average molecular weight is 197 g/mol. The molecule has 0 saturated heterocycles. The van der Waals surface area contributed by atoms with Gasteiger partial charge in [0, 0.05) is 13.7 Å². The second-order valence-corrected chi connectivity index (χ2v) is 0.964. The van der Waals surface area contributed by atoms with Crippen LogP contribution < -0.4 is 0 Å². The van der Waals surface area contributed by atoms with Crippen molar-refractivity contribution in [3.63, 3.8) is 0 Å². The van der Waals surface area contributed by atoms with Gasteiger partial charge in [-0.05, 0) is 0 Å². The van der Waals surface area contributed by atoms with Crippen molar-refractivity contribution >= 4 is 0 Å². The van der Waals surface area contributed by atoms with Gasteiger partial charge in [0.15, 0.2) is 0 Å². The molecule has 0 aromatic rings. The zero-order valence-electron chi connectivity index (χ0n) is 4.15. The van der Waals surface area contributed by atoms with E-state index in [-0.39, 0.29) is 22.4 Å². The van der Waals surface area contributed by atoms with Crippen LogP contribution in [-0.4, -0.2) is 18.8 Å². The minimum absolute atomic E-state index is 0. The van der Waals surface area contributed by atoms with Crippen molar-refractivity contribution in [2.75, 3.05) is 13.7 Å². The smallest absolute Gasteiger partial charge is 0.566 e. The molecule has 0 heterocycles. The molecule has 0 saturated carbocycles. The van der Waals surface area contributed by atoms with Gasteiger partial charge in [-0.3, -0.25) is 0 Å². The molecule has 2 nitrogen and oxygen atoms in total. The molecule has 0 radical (unpaired) electrons. The van der Waals surface area contributed by atoms with Crippen LogP contribution in [0.5, 0.6) is 0 Å². The maximum atomic E-state index is 7.99. The minimum Gasteiger partial charge on any atom is -0.566 e. The van der Waals surface area contributed by atoms with Crippen LogP contribution in [0.1, 0.15) is 6.42 Å². The van der Waals surface area contributed by atoms with Crippen LogP contribution in [-0.2, 0) is 27.1 Å². The van der Waals surface area contributed by atoms with Gasteiger partial charge in [0.2, 0.25) is 0 Å². The molecule has 0 aromatic heterocycles. The SMILES string of the molecule is COCC[CH-]O.[Ag+]. The number of ether oxygens (including phenoxy) is 1. The molecule has 0 aliphatic carbocycles. The minimum atomic E-state index is 0. The van der Waals surface area contributed by atoms with Gasteiger partial charge in [0.25, 0.3) is 0 Å². The van der Waals surface area contributed by atoms with Crippen molar-refractivity contribution in [3.8, 4) is 0 Å². The normalized spacial score (nSPS) is 7.71. The maximum Gasteiger partial charge on any atom is 1.00 e. The number of hydrogen-bond donors (Lipinski definition) is 1. The summed E-state index contributed by atoms with van der Waals surface area (Å²) in [5, 5.41) is 7.99. The van der Waals surface area contributed by atoms with Crippen LogP contribution in [0.4, 0.5) is 0 Å². The fourth-order valence-electron chi connectivity index (χ4n) is 0.171. The Bertz CT molecular complexity index is 21.7. The Morgan fingerprint density at radius 3 is 2.43 bits per heavy atom. The molecule has 0 aliphatic rings. The van der Waals surface area contributed by atoms with Gasteiger partial charge in [-0.1, -0.05) is 0 Å². The molecule has 0 aliphatic heterocycles. The number of methoxy groups -OCH3 is 1. The zero-order valence-corrected chi connectivity index (χ0v) is 5.63. The van der Waals surface area contributed by atoms with E-state index in [0.717, 1.165) is 6.61 Å². The summed E-state index contributed by atoms with van der Waals surface area (Å²) >= 11 is 0. The van der Waals surface area contributed by atoms with Gasteiger partial charge in [-0.2, -0.15) is 0 Å². The van der Waals surface area contributed by atoms with Crippen molar-refractivity contribution < 1.29 is 32.2 Å². The van der Waals surface area contributed by atoms with E-state index in [1.54, 1.807) is 7.11 Å². The van der Waals surface area contributed by atoms with Crippen molar-refractivity contribution in [2.24, 2.45) is 0 Å².